The second-order valence-corrected chi connectivity index (χ2v) is 7.83. The van der Waals surface area contributed by atoms with Crippen molar-refractivity contribution in [1.29, 1.82) is 0 Å². The van der Waals surface area contributed by atoms with E-state index in [1.165, 1.54) is 18.5 Å². The maximum atomic E-state index is 12.9. The largest absolute Gasteiger partial charge is 0.493 e. The topological polar surface area (TPSA) is 70.7 Å². The van der Waals surface area contributed by atoms with Crippen LogP contribution in [-0.2, 0) is 11.3 Å². The Kier molecular flexibility index (Phi) is 7.33. The van der Waals surface area contributed by atoms with Crippen molar-refractivity contribution in [2.45, 2.75) is 40.2 Å². The van der Waals surface area contributed by atoms with E-state index in [4.69, 9.17) is 4.74 Å². The minimum Gasteiger partial charge on any atom is -0.493 e. The van der Waals surface area contributed by atoms with Gasteiger partial charge < -0.3 is 20.3 Å². The minimum atomic E-state index is -0.231. The number of hydrogen-bond acceptors (Lipinski definition) is 4. The molecule has 0 atom stereocenters. The van der Waals surface area contributed by atoms with Gasteiger partial charge in [0, 0.05) is 36.9 Å². The Morgan fingerprint density at radius 2 is 1.87 bits per heavy atom. The van der Waals surface area contributed by atoms with Gasteiger partial charge in [-0.1, -0.05) is 26.0 Å². The standard InChI is InChI=1S/C24H31N3O3/c1-4-30-22-11-10-19(26-23(28)17(2)3)15-21(22)24(29)25-16-18-8-7-9-20(14-18)27-12-5-6-13-27/h7-11,14-15,17H,4-6,12-13,16H2,1-3H3,(H,25,29)(H,26,28). The van der Waals surface area contributed by atoms with Gasteiger partial charge in [0.05, 0.1) is 12.2 Å². The molecule has 2 aromatic carbocycles. The summed E-state index contributed by atoms with van der Waals surface area (Å²) in [6.45, 7) is 8.58. The summed E-state index contributed by atoms with van der Waals surface area (Å²) in [5.41, 5.74) is 3.25. The summed E-state index contributed by atoms with van der Waals surface area (Å²) in [5, 5.41) is 5.82. The van der Waals surface area contributed by atoms with Crippen molar-refractivity contribution in [2.75, 3.05) is 29.9 Å². The fourth-order valence-corrected chi connectivity index (χ4v) is 3.47. The van der Waals surface area contributed by atoms with E-state index in [0.717, 1.165) is 18.7 Å². The number of amides is 2. The Bertz CT molecular complexity index is 889. The molecule has 0 bridgehead atoms. The van der Waals surface area contributed by atoms with E-state index >= 15 is 0 Å². The van der Waals surface area contributed by atoms with Gasteiger partial charge in [0.25, 0.3) is 5.91 Å². The van der Waals surface area contributed by atoms with Crippen LogP contribution in [0, 0.1) is 5.92 Å². The fourth-order valence-electron chi connectivity index (χ4n) is 3.47. The summed E-state index contributed by atoms with van der Waals surface area (Å²) >= 11 is 0. The monoisotopic (exact) mass is 409 g/mol. The maximum Gasteiger partial charge on any atom is 0.255 e. The van der Waals surface area contributed by atoms with Crippen LogP contribution in [0.3, 0.4) is 0 Å². The van der Waals surface area contributed by atoms with Gasteiger partial charge in [-0.2, -0.15) is 0 Å². The van der Waals surface area contributed by atoms with Gasteiger partial charge in [0.2, 0.25) is 5.91 Å². The molecule has 0 unspecified atom stereocenters. The molecule has 160 valence electrons. The number of benzene rings is 2. The van der Waals surface area contributed by atoms with E-state index in [-0.39, 0.29) is 17.7 Å². The Balaban J connectivity index is 1.71. The number of carbonyl (C=O) groups is 2. The Hall–Kier alpha value is -3.02. The van der Waals surface area contributed by atoms with Gasteiger partial charge in [0.15, 0.2) is 0 Å². The highest BCUT2D eigenvalue weighted by molar-refractivity contribution is 5.99. The molecule has 0 radical (unpaired) electrons. The first kappa shape index (κ1) is 21.7. The third kappa shape index (κ3) is 5.53. The van der Waals surface area contributed by atoms with Crippen LogP contribution in [0.5, 0.6) is 5.75 Å². The molecule has 2 N–H and O–H groups in total. The fraction of sp³-hybridized carbons (Fsp3) is 0.417. The molecule has 2 aromatic rings. The van der Waals surface area contributed by atoms with Crippen molar-refractivity contribution in [3.63, 3.8) is 0 Å². The van der Waals surface area contributed by atoms with Crippen molar-refractivity contribution < 1.29 is 14.3 Å². The molecule has 6 heteroatoms. The summed E-state index contributed by atoms with van der Waals surface area (Å²) in [7, 11) is 0. The first-order chi connectivity index (χ1) is 14.5. The van der Waals surface area contributed by atoms with Crippen LogP contribution in [0.4, 0.5) is 11.4 Å². The van der Waals surface area contributed by atoms with Crippen LogP contribution in [0.2, 0.25) is 0 Å². The summed E-state index contributed by atoms with van der Waals surface area (Å²) in [5.74, 6) is 0.0370. The third-order valence-electron chi connectivity index (χ3n) is 5.15. The van der Waals surface area contributed by atoms with Crippen LogP contribution in [0.15, 0.2) is 42.5 Å². The smallest absolute Gasteiger partial charge is 0.255 e. The molecule has 1 fully saturated rings. The van der Waals surface area contributed by atoms with E-state index in [1.807, 2.05) is 32.9 Å². The van der Waals surface area contributed by atoms with Crippen molar-refractivity contribution in [2.24, 2.45) is 5.92 Å². The lowest BCUT2D eigenvalue weighted by molar-refractivity contribution is -0.118. The summed E-state index contributed by atoms with van der Waals surface area (Å²) in [6, 6.07) is 13.4. The number of hydrogen-bond donors (Lipinski definition) is 2. The Morgan fingerprint density at radius 3 is 2.57 bits per heavy atom. The van der Waals surface area contributed by atoms with Gasteiger partial charge in [0.1, 0.15) is 5.75 Å². The van der Waals surface area contributed by atoms with Crippen molar-refractivity contribution in [1.82, 2.24) is 5.32 Å². The summed E-state index contributed by atoms with van der Waals surface area (Å²) in [6.07, 6.45) is 2.45. The Morgan fingerprint density at radius 1 is 1.10 bits per heavy atom. The number of nitrogens with one attached hydrogen (secondary N) is 2. The van der Waals surface area contributed by atoms with Crippen LogP contribution in [0.25, 0.3) is 0 Å². The highest BCUT2D eigenvalue weighted by Crippen LogP contribution is 2.24. The van der Waals surface area contributed by atoms with Crippen molar-refractivity contribution >= 4 is 23.2 Å². The number of anilines is 2. The van der Waals surface area contributed by atoms with Crippen molar-refractivity contribution in [3.05, 3.63) is 53.6 Å². The van der Waals surface area contributed by atoms with Crippen LogP contribution >= 0.6 is 0 Å². The van der Waals surface area contributed by atoms with Gasteiger partial charge in [-0.05, 0) is 55.7 Å². The first-order valence-electron chi connectivity index (χ1n) is 10.7. The lowest BCUT2D eigenvalue weighted by Gasteiger charge is -2.18. The highest BCUT2D eigenvalue weighted by atomic mass is 16.5. The second kappa shape index (κ2) is 10.1. The molecule has 2 amide bonds. The average Bonchev–Trinajstić information content (AvgIpc) is 3.28. The number of ether oxygens (including phenoxy) is 1. The predicted molar refractivity (Wildman–Crippen MR) is 120 cm³/mol. The molecular weight excluding hydrogens is 378 g/mol. The molecule has 0 saturated carbocycles. The minimum absolute atomic E-state index is 0.0933. The zero-order chi connectivity index (χ0) is 21.5. The summed E-state index contributed by atoms with van der Waals surface area (Å²) < 4.78 is 5.62. The van der Waals surface area contributed by atoms with Gasteiger partial charge >= 0.3 is 0 Å². The Labute approximate surface area is 178 Å². The molecule has 1 aliphatic rings. The quantitative estimate of drug-likeness (QED) is 0.685. The molecular formula is C24H31N3O3. The predicted octanol–water partition coefficient (Wildman–Crippen LogP) is 4.21. The molecule has 3 rings (SSSR count). The lowest BCUT2D eigenvalue weighted by atomic mass is 10.1. The third-order valence-corrected chi connectivity index (χ3v) is 5.15. The number of rotatable bonds is 8. The molecule has 0 spiro atoms. The van der Waals surface area contributed by atoms with Crippen LogP contribution < -0.4 is 20.3 Å². The van der Waals surface area contributed by atoms with Crippen LogP contribution in [-0.4, -0.2) is 31.5 Å². The SMILES string of the molecule is CCOc1ccc(NC(=O)C(C)C)cc1C(=O)NCc1cccc(N2CCCC2)c1. The normalized spacial score (nSPS) is 13.4. The van der Waals surface area contributed by atoms with E-state index in [0.29, 0.717) is 30.2 Å². The van der Waals surface area contributed by atoms with E-state index in [2.05, 4.69) is 27.7 Å². The average molecular weight is 410 g/mol. The molecule has 30 heavy (non-hydrogen) atoms. The van der Waals surface area contributed by atoms with Gasteiger partial charge in [-0.25, -0.2) is 0 Å². The zero-order valence-corrected chi connectivity index (χ0v) is 18.0. The van der Waals surface area contributed by atoms with E-state index in [1.54, 1.807) is 18.2 Å². The first-order valence-corrected chi connectivity index (χ1v) is 10.7. The van der Waals surface area contributed by atoms with Crippen molar-refractivity contribution in [3.8, 4) is 5.75 Å². The second-order valence-electron chi connectivity index (χ2n) is 7.83. The number of carbonyl (C=O) groups excluding carboxylic acids is 2. The highest BCUT2D eigenvalue weighted by Gasteiger charge is 2.16. The van der Waals surface area contributed by atoms with E-state index in [9.17, 15) is 9.59 Å². The molecule has 1 aliphatic heterocycles. The van der Waals surface area contributed by atoms with E-state index < -0.39 is 0 Å². The van der Waals surface area contributed by atoms with Gasteiger partial charge in [-0.15, -0.1) is 0 Å². The van der Waals surface area contributed by atoms with Gasteiger partial charge in [-0.3, -0.25) is 9.59 Å². The van der Waals surface area contributed by atoms with Crippen LogP contribution in [0.1, 0.15) is 49.5 Å². The zero-order valence-electron chi connectivity index (χ0n) is 18.0. The molecule has 1 saturated heterocycles. The summed E-state index contributed by atoms with van der Waals surface area (Å²) in [4.78, 5) is 27.3. The molecule has 1 heterocycles. The number of nitrogens with zero attached hydrogens (tertiary/aromatic N) is 1. The molecule has 0 aromatic heterocycles. The lowest BCUT2D eigenvalue weighted by Crippen LogP contribution is -2.24. The molecule has 0 aliphatic carbocycles. The maximum absolute atomic E-state index is 12.9. The molecule has 6 nitrogen and oxygen atoms in total.